The Labute approximate surface area is 136 Å². The first-order valence-electron chi connectivity index (χ1n) is 7.85. The van der Waals surface area contributed by atoms with Gasteiger partial charge >= 0.3 is 8.56 Å². The highest BCUT2D eigenvalue weighted by molar-refractivity contribution is 6.70. The van der Waals surface area contributed by atoms with E-state index in [2.05, 4.69) is 6.92 Å². The van der Waals surface area contributed by atoms with Gasteiger partial charge in [-0.15, -0.1) is 0 Å². The van der Waals surface area contributed by atoms with Crippen LogP contribution in [-0.2, 0) is 13.6 Å². The third-order valence-electron chi connectivity index (χ3n) is 4.40. The van der Waals surface area contributed by atoms with Crippen molar-refractivity contribution in [1.29, 1.82) is 0 Å². The number of benzene rings is 1. The van der Waals surface area contributed by atoms with E-state index in [1.165, 1.54) is 12.8 Å². The van der Waals surface area contributed by atoms with Crippen molar-refractivity contribution in [1.82, 2.24) is 0 Å². The topological polar surface area (TPSA) is 59.2 Å². The molecule has 0 radical (unpaired) electrons. The summed E-state index contributed by atoms with van der Waals surface area (Å²) < 4.78 is 17.4. The van der Waals surface area contributed by atoms with Crippen molar-refractivity contribution in [2.24, 2.45) is 0 Å². The summed E-state index contributed by atoms with van der Waals surface area (Å²) in [5.74, 6) is 0. The SMILES string of the molecule is CCCC1(OC)CCCC[Si]1(OC)OC.O.c1ccccc1. The second-order valence-electron chi connectivity index (χ2n) is 5.47. The smallest absolute Gasteiger partial charge is 0.370 e. The maximum absolute atomic E-state index is 5.83. The lowest BCUT2D eigenvalue weighted by Crippen LogP contribution is -2.64. The Kier molecular flexibility index (Phi) is 10.6. The summed E-state index contributed by atoms with van der Waals surface area (Å²) in [6.07, 6.45) is 5.70. The standard InChI is InChI=1S/C11H24O3Si.C6H6.H2O/c1-5-8-11(12-2)9-6-7-10-15(11,13-3)14-4;1-2-4-6-5-3-1;/h5-10H2,1-4H3;1-6H;1H2. The summed E-state index contributed by atoms with van der Waals surface area (Å²) in [6.45, 7) is 2.19. The number of methoxy groups -OCH3 is 1. The van der Waals surface area contributed by atoms with Crippen molar-refractivity contribution in [2.75, 3.05) is 21.3 Å². The third-order valence-corrected chi connectivity index (χ3v) is 8.82. The summed E-state index contributed by atoms with van der Waals surface area (Å²) in [5.41, 5.74) is 0. The van der Waals surface area contributed by atoms with Crippen molar-refractivity contribution >= 4 is 8.56 Å². The lowest BCUT2D eigenvalue weighted by Gasteiger charge is -2.47. The largest absolute Gasteiger partial charge is 0.412 e. The van der Waals surface area contributed by atoms with Gasteiger partial charge in [0.05, 0.1) is 0 Å². The summed E-state index contributed by atoms with van der Waals surface area (Å²) in [5, 5.41) is -0.122. The number of hydrogen-bond acceptors (Lipinski definition) is 3. The van der Waals surface area contributed by atoms with E-state index in [-0.39, 0.29) is 10.7 Å². The van der Waals surface area contributed by atoms with Gasteiger partial charge in [-0.2, -0.15) is 0 Å². The molecule has 0 saturated carbocycles. The molecule has 1 fully saturated rings. The van der Waals surface area contributed by atoms with Crippen LogP contribution in [0.2, 0.25) is 6.04 Å². The summed E-state index contributed by atoms with van der Waals surface area (Å²) in [6, 6.07) is 13.1. The molecule has 4 nitrogen and oxygen atoms in total. The lowest BCUT2D eigenvalue weighted by atomic mass is 10.1. The van der Waals surface area contributed by atoms with E-state index in [9.17, 15) is 0 Å². The Hall–Kier alpha value is -0.723. The van der Waals surface area contributed by atoms with Gasteiger partial charge in [0, 0.05) is 21.3 Å². The second kappa shape index (κ2) is 10.9. The van der Waals surface area contributed by atoms with Crippen LogP contribution >= 0.6 is 0 Å². The maximum Gasteiger partial charge on any atom is 0.370 e. The number of hydrogen-bond donors (Lipinski definition) is 0. The average Bonchev–Trinajstić information content (AvgIpc) is 2.58. The van der Waals surface area contributed by atoms with Gasteiger partial charge in [-0.05, 0) is 18.9 Å². The van der Waals surface area contributed by atoms with Gasteiger partial charge < -0.3 is 19.1 Å². The predicted molar refractivity (Wildman–Crippen MR) is 93.1 cm³/mol. The fraction of sp³-hybridized carbons (Fsp3) is 0.647. The van der Waals surface area contributed by atoms with Gasteiger partial charge in [-0.25, -0.2) is 0 Å². The predicted octanol–water partition coefficient (Wildman–Crippen LogP) is 3.49. The lowest BCUT2D eigenvalue weighted by molar-refractivity contribution is -0.0149. The van der Waals surface area contributed by atoms with E-state index < -0.39 is 8.56 Å². The minimum Gasteiger partial charge on any atom is -0.412 e. The molecule has 2 N–H and O–H groups in total. The Morgan fingerprint density at radius 2 is 1.41 bits per heavy atom. The van der Waals surface area contributed by atoms with Crippen LogP contribution in [-0.4, -0.2) is 40.6 Å². The van der Waals surface area contributed by atoms with Gasteiger partial charge in [-0.3, -0.25) is 0 Å². The Bertz CT molecular complexity index is 339. The summed E-state index contributed by atoms with van der Waals surface area (Å²) in [4.78, 5) is 0. The maximum atomic E-state index is 5.83. The summed E-state index contributed by atoms with van der Waals surface area (Å²) in [7, 11) is 3.22. The molecule has 1 heterocycles. The van der Waals surface area contributed by atoms with E-state index in [0.717, 1.165) is 25.3 Å². The van der Waals surface area contributed by atoms with Crippen LogP contribution < -0.4 is 0 Å². The van der Waals surface area contributed by atoms with Crippen molar-refractivity contribution < 1.29 is 19.1 Å². The zero-order valence-corrected chi connectivity index (χ0v) is 15.4. The fourth-order valence-electron chi connectivity index (χ4n) is 3.31. The minimum absolute atomic E-state index is 0. The van der Waals surface area contributed by atoms with Gasteiger partial charge in [0.25, 0.3) is 0 Å². The van der Waals surface area contributed by atoms with Crippen molar-refractivity contribution in [2.45, 2.75) is 50.3 Å². The molecule has 0 amide bonds. The molecule has 1 aromatic rings. The van der Waals surface area contributed by atoms with Crippen LogP contribution in [0.25, 0.3) is 0 Å². The van der Waals surface area contributed by atoms with Crippen LogP contribution in [0.15, 0.2) is 36.4 Å². The first kappa shape index (κ1) is 21.3. The molecule has 2 rings (SSSR count). The molecule has 1 atom stereocenters. The minimum atomic E-state index is -2.15. The van der Waals surface area contributed by atoms with Crippen molar-refractivity contribution in [3.63, 3.8) is 0 Å². The molecule has 0 aliphatic carbocycles. The molecule has 128 valence electrons. The molecular weight excluding hydrogens is 296 g/mol. The van der Waals surface area contributed by atoms with Crippen LogP contribution in [0.3, 0.4) is 0 Å². The summed E-state index contributed by atoms with van der Waals surface area (Å²) >= 11 is 0. The van der Waals surface area contributed by atoms with E-state index in [0.29, 0.717) is 0 Å². The molecule has 1 aliphatic rings. The molecule has 0 bridgehead atoms. The van der Waals surface area contributed by atoms with Crippen LogP contribution in [0.1, 0.15) is 39.0 Å². The highest BCUT2D eigenvalue weighted by Gasteiger charge is 2.58. The monoisotopic (exact) mass is 328 g/mol. The zero-order chi connectivity index (χ0) is 15.6. The van der Waals surface area contributed by atoms with Gasteiger partial charge in [-0.1, -0.05) is 62.6 Å². The first-order valence-corrected chi connectivity index (χ1v) is 9.88. The fourth-order valence-corrected chi connectivity index (χ4v) is 7.30. The second-order valence-corrected chi connectivity index (χ2v) is 9.20. The zero-order valence-electron chi connectivity index (χ0n) is 14.4. The van der Waals surface area contributed by atoms with Crippen molar-refractivity contribution in [3.05, 3.63) is 36.4 Å². The number of ether oxygens (including phenoxy) is 1. The first-order chi connectivity index (χ1) is 10.2. The van der Waals surface area contributed by atoms with Gasteiger partial charge in [0.15, 0.2) is 0 Å². The number of rotatable bonds is 5. The van der Waals surface area contributed by atoms with E-state index in [1.807, 2.05) is 36.4 Å². The van der Waals surface area contributed by atoms with Crippen LogP contribution in [0, 0.1) is 0 Å². The Morgan fingerprint density at radius 3 is 1.77 bits per heavy atom. The van der Waals surface area contributed by atoms with E-state index in [4.69, 9.17) is 13.6 Å². The third kappa shape index (κ3) is 4.89. The highest BCUT2D eigenvalue weighted by atomic mass is 28.4. The highest BCUT2D eigenvalue weighted by Crippen LogP contribution is 2.42. The molecule has 1 aromatic carbocycles. The average molecular weight is 329 g/mol. The normalized spacial score (nSPS) is 22.9. The molecule has 5 heteroatoms. The molecule has 22 heavy (non-hydrogen) atoms. The Morgan fingerprint density at radius 1 is 0.909 bits per heavy atom. The molecule has 1 unspecified atom stereocenters. The quantitative estimate of drug-likeness (QED) is 0.777. The van der Waals surface area contributed by atoms with Crippen molar-refractivity contribution in [3.8, 4) is 0 Å². The molecular formula is C17H32O4Si. The van der Waals surface area contributed by atoms with E-state index in [1.54, 1.807) is 21.3 Å². The van der Waals surface area contributed by atoms with Gasteiger partial charge in [0.1, 0.15) is 5.22 Å². The molecule has 0 aromatic heterocycles. The molecule has 0 spiro atoms. The van der Waals surface area contributed by atoms with Crippen LogP contribution in [0.4, 0.5) is 0 Å². The Balaban J connectivity index is 0.000000529. The molecule has 1 aliphatic heterocycles. The van der Waals surface area contributed by atoms with Gasteiger partial charge in [0.2, 0.25) is 0 Å². The molecule has 1 saturated heterocycles. The van der Waals surface area contributed by atoms with E-state index >= 15 is 0 Å². The van der Waals surface area contributed by atoms with Crippen LogP contribution in [0.5, 0.6) is 0 Å².